The first-order valence-corrected chi connectivity index (χ1v) is 17.4. The van der Waals surface area contributed by atoms with Gasteiger partial charge in [0.05, 0.1) is 18.8 Å². The van der Waals surface area contributed by atoms with Crippen LogP contribution in [0.5, 0.6) is 0 Å². The Bertz CT molecular complexity index is 1060. The minimum atomic E-state index is -1.59. The molecule has 1 amide bonds. The van der Waals surface area contributed by atoms with Crippen molar-refractivity contribution in [1.29, 1.82) is 0 Å². The summed E-state index contributed by atoms with van der Waals surface area (Å²) in [6.07, 6.45) is 2.14. The highest BCUT2D eigenvalue weighted by molar-refractivity contribution is 5.86. The molecule has 0 aromatic heterocycles. The van der Waals surface area contributed by atoms with Gasteiger partial charge >= 0.3 is 0 Å². The van der Waals surface area contributed by atoms with Gasteiger partial charge in [-0.25, -0.2) is 0 Å². The van der Waals surface area contributed by atoms with E-state index in [2.05, 4.69) is 26.1 Å². The number of amides is 1. The minimum absolute atomic E-state index is 0.00525. The highest BCUT2D eigenvalue weighted by atomic mass is 16.6. The van der Waals surface area contributed by atoms with Gasteiger partial charge in [0.2, 0.25) is 0 Å². The molecule has 4 saturated carbocycles. The topological polar surface area (TPSA) is 169 Å². The molecular formula is C34H57NO9. The van der Waals surface area contributed by atoms with Gasteiger partial charge in [-0.1, -0.05) is 27.7 Å². The molecule has 2 heterocycles. The number of aliphatic hydroxyl groups excluding tert-OH is 6. The van der Waals surface area contributed by atoms with E-state index in [0.717, 1.165) is 32.1 Å². The van der Waals surface area contributed by atoms with Crippen LogP contribution in [0.3, 0.4) is 0 Å². The maximum Gasteiger partial charge on any atom is 0.254 e. The minimum Gasteiger partial charge on any atom is -0.396 e. The fourth-order valence-corrected chi connectivity index (χ4v) is 11.6. The standard InChI is InChI=1S/C34H57NO9/c1-17(15-36)7-12-34(31(42)35-30-29(41)28(40)27(39)25(16-37)43-30)18(2)26-24(44-34)14-23-21-6-5-19-13-20(38)8-10-32(19,3)22(21)9-11-33(23,26)4/h17-30,36-41H,5-16H2,1-4H3,(H,35,42)/t17-,18-,19+,20-,21+,22-,23-,24-,25+,26-,27+,28-,29+,30+,32-,33-,34+/m0/s1. The first-order chi connectivity index (χ1) is 20.8. The number of rotatable bonds is 7. The van der Waals surface area contributed by atoms with Crippen molar-refractivity contribution >= 4 is 5.91 Å². The first kappa shape index (κ1) is 33.1. The second-order valence-corrected chi connectivity index (χ2v) is 16.3. The van der Waals surface area contributed by atoms with Gasteiger partial charge in [0.25, 0.3) is 5.91 Å². The zero-order valence-corrected chi connectivity index (χ0v) is 27.0. The van der Waals surface area contributed by atoms with E-state index < -0.39 is 48.8 Å². The van der Waals surface area contributed by atoms with Crippen LogP contribution in [0, 0.1) is 52.3 Å². The first-order valence-electron chi connectivity index (χ1n) is 17.4. The quantitative estimate of drug-likeness (QED) is 0.223. The van der Waals surface area contributed by atoms with E-state index >= 15 is 0 Å². The van der Waals surface area contributed by atoms with Gasteiger partial charge in [-0.3, -0.25) is 4.79 Å². The van der Waals surface area contributed by atoms with Crippen molar-refractivity contribution in [2.24, 2.45) is 52.3 Å². The van der Waals surface area contributed by atoms with E-state index in [0.29, 0.717) is 36.5 Å². The summed E-state index contributed by atoms with van der Waals surface area (Å²) in [6.45, 7) is 8.43. The molecule has 0 unspecified atom stereocenters. The average Bonchev–Trinajstić information content (AvgIpc) is 3.46. The Labute approximate surface area is 261 Å². The van der Waals surface area contributed by atoms with E-state index in [1.807, 2.05) is 6.92 Å². The summed E-state index contributed by atoms with van der Waals surface area (Å²) in [6, 6.07) is 0. The molecule has 0 radical (unpaired) electrons. The van der Waals surface area contributed by atoms with Crippen LogP contribution in [0.25, 0.3) is 0 Å². The van der Waals surface area contributed by atoms with Gasteiger partial charge in [0.15, 0.2) is 6.23 Å². The molecule has 0 bridgehead atoms. The van der Waals surface area contributed by atoms with Gasteiger partial charge < -0.3 is 45.4 Å². The number of hydrogen-bond donors (Lipinski definition) is 7. The number of nitrogens with one attached hydrogen (secondary N) is 1. The number of fused-ring (bicyclic) bond motifs is 7. The zero-order valence-electron chi connectivity index (χ0n) is 27.0. The smallest absolute Gasteiger partial charge is 0.254 e. The van der Waals surface area contributed by atoms with Gasteiger partial charge in [0, 0.05) is 12.5 Å². The Morgan fingerprint density at radius 2 is 1.66 bits per heavy atom. The Morgan fingerprint density at radius 3 is 2.36 bits per heavy atom. The second kappa shape index (κ2) is 12.0. The predicted molar refractivity (Wildman–Crippen MR) is 161 cm³/mol. The van der Waals surface area contributed by atoms with Crippen molar-refractivity contribution in [3.8, 4) is 0 Å². The van der Waals surface area contributed by atoms with Crippen molar-refractivity contribution in [3.05, 3.63) is 0 Å². The van der Waals surface area contributed by atoms with Crippen LogP contribution in [-0.4, -0.2) is 98.2 Å². The Kier molecular flexibility index (Phi) is 9.01. The SMILES string of the molecule is C[C@H](CO)CC[C@@]1(C(=O)N[C@@H]2O[C@H](CO)[C@@H](O)[C@H](O)[C@H]2O)O[C@H]2C[C@H]3[C@@H]4CC[C@@H]5C[C@@H](O)CC[C@]5(C)[C@H]4CC[C@]3(C)[C@H]2[C@@H]1C. The highest BCUT2D eigenvalue weighted by Gasteiger charge is 2.70. The Morgan fingerprint density at radius 1 is 0.932 bits per heavy atom. The monoisotopic (exact) mass is 623 g/mol. The third-order valence-corrected chi connectivity index (χ3v) is 14.2. The molecule has 0 aromatic carbocycles. The van der Waals surface area contributed by atoms with Crippen molar-refractivity contribution in [2.45, 2.75) is 140 Å². The summed E-state index contributed by atoms with van der Waals surface area (Å²) < 4.78 is 12.6. The molecule has 0 spiro atoms. The molecule has 4 aliphatic carbocycles. The molecule has 44 heavy (non-hydrogen) atoms. The van der Waals surface area contributed by atoms with Crippen molar-refractivity contribution in [1.82, 2.24) is 5.32 Å². The lowest BCUT2D eigenvalue weighted by Gasteiger charge is -2.61. The molecule has 0 aromatic rings. The van der Waals surface area contributed by atoms with Crippen LogP contribution in [0.4, 0.5) is 0 Å². The van der Waals surface area contributed by atoms with Gasteiger partial charge in [0.1, 0.15) is 30.0 Å². The second-order valence-electron chi connectivity index (χ2n) is 16.3. The molecule has 252 valence electrons. The van der Waals surface area contributed by atoms with E-state index in [9.17, 15) is 35.4 Å². The maximum atomic E-state index is 14.3. The van der Waals surface area contributed by atoms with Crippen molar-refractivity contribution < 1.29 is 44.9 Å². The lowest BCUT2D eigenvalue weighted by atomic mass is 9.44. The van der Waals surface area contributed by atoms with E-state index in [1.165, 1.54) is 19.3 Å². The molecule has 6 fully saturated rings. The predicted octanol–water partition coefficient (Wildman–Crippen LogP) is 1.71. The molecule has 6 rings (SSSR count). The average molecular weight is 624 g/mol. The number of ether oxygens (including phenoxy) is 2. The van der Waals surface area contributed by atoms with Gasteiger partial charge in [-0.2, -0.15) is 0 Å². The summed E-state index contributed by atoms with van der Waals surface area (Å²) in [7, 11) is 0. The fourth-order valence-electron chi connectivity index (χ4n) is 11.6. The maximum absolute atomic E-state index is 14.3. The molecule has 10 heteroatoms. The van der Waals surface area contributed by atoms with E-state index in [4.69, 9.17) is 9.47 Å². The Balaban J connectivity index is 1.24. The third kappa shape index (κ3) is 5.00. The molecule has 10 nitrogen and oxygen atoms in total. The van der Waals surface area contributed by atoms with Crippen LogP contribution >= 0.6 is 0 Å². The van der Waals surface area contributed by atoms with Crippen LogP contribution < -0.4 is 5.32 Å². The Hall–Kier alpha value is -0.850. The lowest BCUT2D eigenvalue weighted by Crippen LogP contribution is -2.65. The van der Waals surface area contributed by atoms with Crippen LogP contribution in [0.2, 0.25) is 0 Å². The fraction of sp³-hybridized carbons (Fsp3) is 0.971. The molecule has 2 aliphatic heterocycles. The van der Waals surface area contributed by atoms with Gasteiger partial charge in [-0.05, 0) is 111 Å². The highest BCUT2D eigenvalue weighted by Crippen LogP contribution is 2.71. The summed E-state index contributed by atoms with van der Waals surface area (Å²) in [4.78, 5) is 14.3. The van der Waals surface area contributed by atoms with Gasteiger partial charge in [-0.15, -0.1) is 0 Å². The number of carbonyl (C=O) groups is 1. The van der Waals surface area contributed by atoms with Crippen LogP contribution in [-0.2, 0) is 14.3 Å². The molecule has 17 atom stereocenters. The lowest BCUT2D eigenvalue weighted by molar-refractivity contribution is -0.238. The normalized spacial score (nSPS) is 54.1. The number of carbonyl (C=O) groups excluding carboxylic acids is 1. The zero-order chi connectivity index (χ0) is 31.8. The largest absolute Gasteiger partial charge is 0.396 e. The van der Waals surface area contributed by atoms with Crippen LogP contribution in [0.15, 0.2) is 0 Å². The summed E-state index contributed by atoms with van der Waals surface area (Å²) in [5.74, 6) is 2.00. The molecule has 7 N–H and O–H groups in total. The van der Waals surface area contributed by atoms with E-state index in [-0.39, 0.29) is 47.4 Å². The van der Waals surface area contributed by atoms with Crippen molar-refractivity contribution in [3.63, 3.8) is 0 Å². The van der Waals surface area contributed by atoms with E-state index in [1.54, 1.807) is 0 Å². The van der Waals surface area contributed by atoms with Crippen molar-refractivity contribution in [2.75, 3.05) is 13.2 Å². The molecule has 6 aliphatic rings. The third-order valence-electron chi connectivity index (χ3n) is 14.2. The number of aliphatic hydroxyl groups is 6. The molecule has 2 saturated heterocycles. The number of hydrogen-bond acceptors (Lipinski definition) is 9. The summed E-state index contributed by atoms with van der Waals surface area (Å²) in [5.41, 5.74) is -0.898. The molecular weight excluding hydrogens is 566 g/mol. The summed E-state index contributed by atoms with van der Waals surface area (Å²) in [5, 5.41) is 64.0. The summed E-state index contributed by atoms with van der Waals surface area (Å²) >= 11 is 0. The van der Waals surface area contributed by atoms with Crippen LogP contribution in [0.1, 0.15) is 91.9 Å².